The molecule has 0 unspecified atom stereocenters. The second kappa shape index (κ2) is 4.08. The molecule has 0 radical (unpaired) electrons. The fourth-order valence-electron chi connectivity index (χ4n) is 2.03. The summed E-state index contributed by atoms with van der Waals surface area (Å²) in [6, 6.07) is 2.58. The van der Waals surface area contributed by atoms with Crippen molar-refractivity contribution in [3.8, 4) is 5.75 Å². The molecule has 0 atom stereocenters. The van der Waals surface area contributed by atoms with Crippen molar-refractivity contribution in [2.24, 2.45) is 4.99 Å². The van der Waals surface area contributed by atoms with Crippen LogP contribution in [0.2, 0.25) is 5.02 Å². The van der Waals surface area contributed by atoms with Crippen molar-refractivity contribution in [3.05, 3.63) is 28.5 Å². The van der Waals surface area contributed by atoms with Gasteiger partial charge >= 0.3 is 0 Å². The maximum atomic E-state index is 13.5. The lowest BCUT2D eigenvalue weighted by Gasteiger charge is -2.16. The highest BCUT2D eigenvalue weighted by Gasteiger charge is 2.48. The summed E-state index contributed by atoms with van der Waals surface area (Å²) in [4.78, 5) is 14.3. The lowest BCUT2D eigenvalue weighted by molar-refractivity contribution is 0.297. The Bertz CT molecular complexity index is 546. The van der Waals surface area contributed by atoms with Gasteiger partial charge in [-0.3, -0.25) is 0 Å². The number of hydrogen-bond donors (Lipinski definition) is 0. The predicted octanol–water partition coefficient (Wildman–Crippen LogP) is 3.35. The molecule has 3 nitrogen and oxygen atoms in total. The van der Waals surface area contributed by atoms with Crippen LogP contribution in [0.3, 0.4) is 0 Å². The van der Waals surface area contributed by atoms with Crippen LogP contribution in [0, 0.1) is 5.82 Å². The van der Waals surface area contributed by atoms with E-state index in [1.807, 2.05) is 0 Å². The Kier molecular flexibility index (Phi) is 2.65. The van der Waals surface area contributed by atoms with E-state index in [4.69, 9.17) is 16.3 Å². The summed E-state index contributed by atoms with van der Waals surface area (Å²) in [5, 5.41) is 0.240. The lowest BCUT2D eigenvalue weighted by atomic mass is 10.0. The summed E-state index contributed by atoms with van der Waals surface area (Å²) >= 11 is 6.04. The normalized spacial score (nSPS) is 20.1. The Morgan fingerprint density at radius 3 is 2.72 bits per heavy atom. The first kappa shape index (κ1) is 11.7. The Balaban J connectivity index is 2.07. The van der Waals surface area contributed by atoms with Crippen LogP contribution >= 0.6 is 11.6 Å². The number of halogens is 2. The van der Waals surface area contributed by atoms with Crippen LogP contribution < -0.4 is 4.74 Å². The number of isocyanates is 1. The summed E-state index contributed by atoms with van der Waals surface area (Å²) in [6.07, 6.45) is 5.07. The zero-order valence-electron chi connectivity index (χ0n) is 9.58. The molecule has 2 aliphatic rings. The summed E-state index contributed by atoms with van der Waals surface area (Å²) in [5.41, 5.74) is -0.0969. The van der Waals surface area contributed by atoms with Gasteiger partial charge in [-0.1, -0.05) is 11.6 Å². The molecule has 94 valence electrons. The fraction of sp³-hybridized carbons (Fsp3) is 0.462. The van der Waals surface area contributed by atoms with Gasteiger partial charge in [-0.05, 0) is 37.8 Å². The zero-order chi connectivity index (χ0) is 12.8. The van der Waals surface area contributed by atoms with Gasteiger partial charge in [-0.15, -0.1) is 0 Å². The molecule has 3 rings (SSSR count). The number of rotatable bonds is 4. The highest BCUT2D eigenvalue weighted by molar-refractivity contribution is 6.32. The molecule has 0 saturated heterocycles. The standard InChI is InChI=1S/C13H11ClFNO2/c14-11-6-8(15)5-10(12(11)18-9-1-2-9)13(3-4-13)16-7-17/h5-6,9H,1-4H2. The van der Waals surface area contributed by atoms with Crippen LogP contribution in [0.25, 0.3) is 0 Å². The lowest BCUT2D eigenvalue weighted by Crippen LogP contribution is -2.09. The highest BCUT2D eigenvalue weighted by Crippen LogP contribution is 2.54. The number of hydrogen-bond acceptors (Lipinski definition) is 3. The molecule has 0 amide bonds. The molecule has 0 aliphatic heterocycles. The van der Waals surface area contributed by atoms with Crippen LogP contribution in [0.5, 0.6) is 5.75 Å². The van der Waals surface area contributed by atoms with Crippen molar-refractivity contribution in [2.45, 2.75) is 37.3 Å². The van der Waals surface area contributed by atoms with Crippen molar-refractivity contribution in [2.75, 3.05) is 0 Å². The van der Waals surface area contributed by atoms with Gasteiger partial charge in [0.25, 0.3) is 0 Å². The smallest absolute Gasteiger partial charge is 0.235 e. The van der Waals surface area contributed by atoms with Crippen molar-refractivity contribution >= 4 is 17.7 Å². The van der Waals surface area contributed by atoms with Crippen molar-refractivity contribution < 1.29 is 13.9 Å². The minimum Gasteiger partial charge on any atom is -0.488 e. The SMILES string of the molecule is O=C=NC1(c2cc(F)cc(Cl)c2OC2CC2)CC1. The van der Waals surface area contributed by atoms with Crippen LogP contribution in [-0.2, 0) is 10.3 Å². The zero-order valence-corrected chi connectivity index (χ0v) is 10.3. The first-order valence-electron chi connectivity index (χ1n) is 5.90. The maximum absolute atomic E-state index is 13.5. The molecule has 1 aromatic rings. The van der Waals surface area contributed by atoms with Crippen molar-refractivity contribution in [3.63, 3.8) is 0 Å². The van der Waals surface area contributed by atoms with Gasteiger partial charge in [0.1, 0.15) is 17.1 Å². The van der Waals surface area contributed by atoms with E-state index in [0.29, 0.717) is 24.2 Å². The first-order valence-corrected chi connectivity index (χ1v) is 6.28. The molecular weight excluding hydrogens is 257 g/mol. The molecule has 2 aliphatic carbocycles. The first-order chi connectivity index (χ1) is 8.64. The molecule has 0 aromatic heterocycles. The Morgan fingerprint density at radius 2 is 2.17 bits per heavy atom. The average Bonchev–Trinajstić information content (AvgIpc) is 3.18. The van der Waals surface area contributed by atoms with E-state index >= 15 is 0 Å². The molecule has 1 aromatic carbocycles. The molecule has 0 N–H and O–H groups in total. The third-order valence-electron chi connectivity index (χ3n) is 3.30. The fourth-order valence-corrected chi connectivity index (χ4v) is 2.28. The third-order valence-corrected chi connectivity index (χ3v) is 3.58. The summed E-state index contributed by atoms with van der Waals surface area (Å²) in [5.74, 6) is 0.0302. The molecule has 2 saturated carbocycles. The van der Waals surface area contributed by atoms with Crippen LogP contribution in [0.1, 0.15) is 31.2 Å². The number of nitrogens with zero attached hydrogens (tertiary/aromatic N) is 1. The van der Waals surface area contributed by atoms with E-state index in [1.165, 1.54) is 12.1 Å². The minimum absolute atomic E-state index is 0.155. The summed E-state index contributed by atoms with van der Waals surface area (Å²) in [6.45, 7) is 0. The maximum Gasteiger partial charge on any atom is 0.235 e. The molecule has 2 fully saturated rings. The van der Waals surface area contributed by atoms with Gasteiger partial charge < -0.3 is 4.74 Å². The quantitative estimate of drug-likeness (QED) is 0.620. The number of benzene rings is 1. The molecule has 5 heteroatoms. The van der Waals surface area contributed by atoms with Gasteiger partial charge in [-0.2, -0.15) is 4.99 Å². The van der Waals surface area contributed by atoms with E-state index in [-0.39, 0.29) is 11.1 Å². The summed E-state index contributed by atoms with van der Waals surface area (Å²) in [7, 11) is 0. The molecule has 0 heterocycles. The second-order valence-corrected chi connectivity index (χ2v) is 5.22. The van der Waals surface area contributed by atoms with Gasteiger partial charge in [0.2, 0.25) is 6.08 Å². The van der Waals surface area contributed by atoms with Gasteiger partial charge in [0.05, 0.1) is 11.1 Å². The second-order valence-electron chi connectivity index (χ2n) is 4.82. The van der Waals surface area contributed by atoms with Crippen molar-refractivity contribution in [1.29, 1.82) is 0 Å². The number of carbonyl (C=O) groups excluding carboxylic acids is 1. The van der Waals surface area contributed by atoms with E-state index in [9.17, 15) is 9.18 Å². The Labute approximate surface area is 109 Å². The monoisotopic (exact) mass is 267 g/mol. The molecule has 0 bridgehead atoms. The number of aliphatic imine (C=N–C) groups is 1. The van der Waals surface area contributed by atoms with E-state index in [1.54, 1.807) is 6.08 Å². The number of ether oxygens (including phenoxy) is 1. The average molecular weight is 268 g/mol. The van der Waals surface area contributed by atoms with E-state index in [2.05, 4.69) is 4.99 Å². The topological polar surface area (TPSA) is 38.7 Å². The molecule has 0 spiro atoms. The van der Waals surface area contributed by atoms with Crippen LogP contribution in [-0.4, -0.2) is 12.2 Å². The third kappa shape index (κ3) is 2.02. The van der Waals surface area contributed by atoms with Gasteiger partial charge in [-0.25, -0.2) is 9.18 Å². The van der Waals surface area contributed by atoms with Crippen LogP contribution in [0.15, 0.2) is 17.1 Å². The van der Waals surface area contributed by atoms with E-state index < -0.39 is 11.4 Å². The van der Waals surface area contributed by atoms with Gasteiger partial charge in [0.15, 0.2) is 0 Å². The minimum atomic E-state index is -0.669. The summed E-state index contributed by atoms with van der Waals surface area (Å²) < 4.78 is 19.2. The largest absolute Gasteiger partial charge is 0.488 e. The highest BCUT2D eigenvalue weighted by atomic mass is 35.5. The Hall–Kier alpha value is -1.38. The Morgan fingerprint density at radius 1 is 1.44 bits per heavy atom. The van der Waals surface area contributed by atoms with E-state index in [0.717, 1.165) is 12.8 Å². The predicted molar refractivity (Wildman–Crippen MR) is 64.1 cm³/mol. The van der Waals surface area contributed by atoms with Crippen molar-refractivity contribution in [1.82, 2.24) is 0 Å². The molecular formula is C13H11ClFNO2. The van der Waals surface area contributed by atoms with Gasteiger partial charge in [0, 0.05) is 5.56 Å². The molecule has 18 heavy (non-hydrogen) atoms. The van der Waals surface area contributed by atoms with Crippen LogP contribution in [0.4, 0.5) is 4.39 Å².